The van der Waals surface area contributed by atoms with Gasteiger partial charge in [-0.15, -0.1) is 0 Å². The minimum atomic E-state index is 0. The normalized spacial score (nSPS) is 7.47. The largest absolute Gasteiger partial charge is 0.312 e. The molecule has 0 saturated carbocycles. The molecule has 0 fully saturated rings. The van der Waals surface area contributed by atoms with Gasteiger partial charge in [-0.1, -0.05) is 66.5 Å². The van der Waals surface area contributed by atoms with Crippen LogP contribution in [0.1, 0.15) is 47.6 Å². The second-order valence-corrected chi connectivity index (χ2v) is 3.91. The van der Waals surface area contributed by atoms with Crippen LogP contribution in [0.25, 0.3) is 0 Å². The van der Waals surface area contributed by atoms with E-state index in [2.05, 4.69) is 38.1 Å². The number of rotatable bonds is 1. The summed E-state index contributed by atoms with van der Waals surface area (Å²) < 4.78 is 0. The van der Waals surface area contributed by atoms with Gasteiger partial charge in [0.15, 0.2) is 0 Å². The van der Waals surface area contributed by atoms with Gasteiger partial charge in [-0.05, 0) is 32.6 Å². The number of benzene rings is 1. The number of hydrogen-bond donors (Lipinski definition) is 0. The maximum absolute atomic E-state index is 2.20. The van der Waals surface area contributed by atoms with Crippen LogP contribution in [-0.2, 0) is 32.7 Å². The van der Waals surface area contributed by atoms with Gasteiger partial charge in [-0.2, -0.15) is 0 Å². The molecular weight excluding hydrogens is 283 g/mol. The van der Waals surface area contributed by atoms with Gasteiger partial charge in [0.25, 0.3) is 0 Å². The Kier molecular flexibility index (Phi) is 33.3. The van der Waals surface area contributed by atoms with E-state index in [9.17, 15) is 0 Å². The fourth-order valence-corrected chi connectivity index (χ4v) is 0.838. The molecule has 1 nitrogen and oxygen atoms in total. The van der Waals surface area contributed by atoms with Crippen LogP contribution in [0.5, 0.6) is 0 Å². The van der Waals surface area contributed by atoms with Crippen LogP contribution in [0.15, 0.2) is 30.3 Å². The number of hydrogen-bond acceptors (Lipinski definition) is 1. The van der Waals surface area contributed by atoms with Crippen molar-refractivity contribution >= 4 is 0 Å². The van der Waals surface area contributed by atoms with Gasteiger partial charge in [-0.25, -0.2) is 0 Å². The molecule has 0 unspecified atom stereocenters. The van der Waals surface area contributed by atoms with Crippen molar-refractivity contribution in [3.8, 4) is 0 Å². The fraction of sp³-hybridized carbons (Fsp3) is 0.600. The Morgan fingerprint density at radius 1 is 0.824 bits per heavy atom. The minimum Gasteiger partial charge on any atom is -0.312 e. The molecule has 0 bridgehead atoms. The fourth-order valence-electron chi connectivity index (χ4n) is 0.838. The summed E-state index contributed by atoms with van der Waals surface area (Å²) in [7, 11) is 6.00. The Morgan fingerprint density at radius 3 is 1.29 bits per heavy atom. The molecule has 0 aliphatic carbocycles. The van der Waals surface area contributed by atoms with Gasteiger partial charge in [0, 0.05) is 32.7 Å². The van der Waals surface area contributed by atoms with Crippen molar-refractivity contribution in [3.05, 3.63) is 35.9 Å². The first kappa shape index (κ1) is 30.4. The third kappa shape index (κ3) is 22.0. The van der Waals surface area contributed by atoms with E-state index in [1.54, 1.807) is 0 Å². The van der Waals surface area contributed by atoms with Gasteiger partial charge in [-0.3, -0.25) is 0 Å². The zero-order valence-electron chi connectivity index (χ0n) is 9.99. The molecule has 0 atom stereocenters. The Labute approximate surface area is 136 Å². The van der Waals surface area contributed by atoms with Gasteiger partial charge in [0.05, 0.1) is 0 Å². The van der Waals surface area contributed by atoms with Gasteiger partial charge >= 0.3 is 0 Å². The molecule has 0 amide bonds. The van der Waals surface area contributed by atoms with Gasteiger partial charge in [0.1, 0.15) is 0 Å². The SMILES string of the molecule is C.C.C.CC(C)c1ccccc1.CN(C)C.[Y]. The molecule has 1 aromatic rings. The van der Waals surface area contributed by atoms with Crippen molar-refractivity contribution in [1.29, 1.82) is 0 Å². The summed E-state index contributed by atoms with van der Waals surface area (Å²) in [5.74, 6) is 0.659. The molecule has 0 aliphatic rings. The molecule has 0 saturated heterocycles. The second-order valence-electron chi connectivity index (χ2n) is 3.91. The van der Waals surface area contributed by atoms with Crippen molar-refractivity contribution in [1.82, 2.24) is 4.90 Å². The van der Waals surface area contributed by atoms with Crippen molar-refractivity contribution in [2.45, 2.75) is 42.0 Å². The summed E-state index contributed by atoms with van der Waals surface area (Å²) in [5.41, 5.74) is 1.41. The van der Waals surface area contributed by atoms with E-state index < -0.39 is 0 Å². The predicted octanol–water partition coefficient (Wildman–Crippen LogP) is 4.89. The summed E-state index contributed by atoms with van der Waals surface area (Å²) in [6, 6.07) is 10.5. The van der Waals surface area contributed by atoms with Crippen LogP contribution in [0.2, 0.25) is 0 Å². The minimum absolute atomic E-state index is 0. The summed E-state index contributed by atoms with van der Waals surface area (Å²) in [4.78, 5) is 2.00. The third-order valence-corrected chi connectivity index (χ3v) is 1.47. The average molecular weight is 316 g/mol. The first-order valence-corrected chi connectivity index (χ1v) is 4.70. The van der Waals surface area contributed by atoms with Crippen LogP contribution in [0.4, 0.5) is 0 Å². The van der Waals surface area contributed by atoms with Crippen molar-refractivity contribution in [3.63, 3.8) is 0 Å². The van der Waals surface area contributed by atoms with E-state index in [-0.39, 0.29) is 55.0 Å². The molecule has 0 spiro atoms. The van der Waals surface area contributed by atoms with Crippen molar-refractivity contribution in [2.75, 3.05) is 21.1 Å². The van der Waals surface area contributed by atoms with Crippen molar-refractivity contribution in [2.24, 2.45) is 0 Å². The molecule has 17 heavy (non-hydrogen) atoms. The van der Waals surface area contributed by atoms with Crippen LogP contribution in [-0.4, -0.2) is 26.0 Å². The second kappa shape index (κ2) is 18.6. The molecule has 0 N–H and O–H groups in total. The number of nitrogens with zero attached hydrogens (tertiary/aromatic N) is 1. The molecule has 0 heterocycles. The van der Waals surface area contributed by atoms with Crippen LogP contribution in [0, 0.1) is 0 Å². The molecule has 0 aromatic heterocycles. The molecule has 101 valence electrons. The third-order valence-electron chi connectivity index (χ3n) is 1.47. The maximum atomic E-state index is 2.20. The zero-order valence-corrected chi connectivity index (χ0v) is 12.8. The molecule has 2 heteroatoms. The summed E-state index contributed by atoms with van der Waals surface area (Å²) >= 11 is 0. The average Bonchev–Trinajstić information content (AvgIpc) is 2.05. The Morgan fingerprint density at radius 2 is 1.12 bits per heavy atom. The molecule has 1 radical (unpaired) electrons. The van der Waals surface area contributed by atoms with Crippen molar-refractivity contribution < 1.29 is 32.7 Å². The summed E-state index contributed by atoms with van der Waals surface area (Å²) in [6.07, 6.45) is 0. The smallest absolute Gasteiger partial charge is 0 e. The zero-order chi connectivity index (χ0) is 10.3. The maximum Gasteiger partial charge on any atom is 0 e. The topological polar surface area (TPSA) is 3.24 Å². The summed E-state index contributed by atoms with van der Waals surface area (Å²) in [6.45, 7) is 4.41. The van der Waals surface area contributed by atoms with E-state index in [0.29, 0.717) is 5.92 Å². The first-order valence-electron chi connectivity index (χ1n) is 4.70. The van der Waals surface area contributed by atoms with Gasteiger partial charge < -0.3 is 4.90 Å². The predicted molar refractivity (Wildman–Crippen MR) is 80.3 cm³/mol. The molecule has 0 aliphatic heterocycles. The van der Waals surface area contributed by atoms with E-state index in [0.717, 1.165) is 0 Å². The first-order chi connectivity index (χ1) is 6.04. The van der Waals surface area contributed by atoms with E-state index in [1.807, 2.05) is 32.1 Å². The monoisotopic (exact) mass is 316 g/mol. The Balaban J connectivity index is -0.0000000542. The summed E-state index contributed by atoms with van der Waals surface area (Å²) in [5, 5.41) is 0. The molecule has 1 aromatic carbocycles. The Hall–Kier alpha value is 0.284. The quantitative estimate of drug-likeness (QED) is 0.713. The van der Waals surface area contributed by atoms with Crippen LogP contribution < -0.4 is 0 Å². The van der Waals surface area contributed by atoms with E-state index in [4.69, 9.17) is 0 Å². The van der Waals surface area contributed by atoms with E-state index in [1.165, 1.54) is 5.56 Å². The van der Waals surface area contributed by atoms with Gasteiger partial charge in [0.2, 0.25) is 0 Å². The molecular formula is C15H33NY. The molecule has 1 rings (SSSR count). The standard InChI is InChI=1S/C9H12.C3H9N.3CH4.Y/c1-8(2)9-6-4-3-5-7-9;1-4(2)3;;;;/h3-8H,1-2H3;1-3H3;3*1H4;. The van der Waals surface area contributed by atoms with E-state index >= 15 is 0 Å². The Bertz CT molecular complexity index is 205. The van der Waals surface area contributed by atoms with Crippen LogP contribution >= 0.6 is 0 Å². The van der Waals surface area contributed by atoms with Crippen LogP contribution in [0.3, 0.4) is 0 Å².